The molecule has 4 heteroatoms. The first-order chi connectivity index (χ1) is 5.81. The number of hydrogen-bond acceptors (Lipinski definition) is 2. The zero-order valence-corrected chi connectivity index (χ0v) is 8.96. The van der Waals surface area contributed by atoms with Crippen LogP contribution in [0.25, 0.3) is 0 Å². The summed E-state index contributed by atoms with van der Waals surface area (Å²) in [6, 6.07) is 0.387. The zero-order chi connectivity index (χ0) is 10.2. The van der Waals surface area contributed by atoms with Gasteiger partial charge in [-0.1, -0.05) is 0 Å². The lowest BCUT2D eigenvalue weighted by atomic mass is 9.96. The van der Waals surface area contributed by atoms with Crippen molar-refractivity contribution in [2.75, 3.05) is 20.6 Å². The molecule has 0 aromatic heterocycles. The first-order valence-corrected chi connectivity index (χ1v) is 4.62. The van der Waals surface area contributed by atoms with Gasteiger partial charge in [-0.25, -0.2) is 0 Å². The molecule has 0 spiro atoms. The van der Waals surface area contributed by atoms with Gasteiger partial charge in [0.2, 0.25) is 0 Å². The van der Waals surface area contributed by atoms with Crippen molar-refractivity contribution < 1.29 is 0 Å². The molecule has 4 nitrogen and oxygen atoms in total. The van der Waals surface area contributed by atoms with Gasteiger partial charge in [-0.2, -0.15) is 0 Å². The maximum atomic E-state index is 7.71. The molecule has 0 aromatic carbocycles. The Labute approximate surface area is 80.2 Å². The van der Waals surface area contributed by atoms with E-state index in [0.29, 0.717) is 12.0 Å². The van der Waals surface area contributed by atoms with Crippen LogP contribution in [0.3, 0.4) is 0 Å². The summed E-state index contributed by atoms with van der Waals surface area (Å²) in [5, 5.41) is 7.71. The van der Waals surface area contributed by atoms with E-state index in [9.17, 15) is 0 Å². The first-order valence-electron chi connectivity index (χ1n) is 4.62. The Bertz CT molecular complexity index is 206. The van der Waals surface area contributed by atoms with E-state index in [0.717, 1.165) is 13.0 Å². The summed E-state index contributed by atoms with van der Waals surface area (Å²) in [5.74, 6) is 0.592. The highest BCUT2D eigenvalue weighted by Gasteiger charge is 2.32. The summed E-state index contributed by atoms with van der Waals surface area (Å²) in [4.78, 5) is 3.95. The van der Waals surface area contributed by atoms with Crippen LogP contribution in [0.15, 0.2) is 0 Å². The van der Waals surface area contributed by atoms with Crippen molar-refractivity contribution in [2.45, 2.75) is 31.8 Å². The molecule has 13 heavy (non-hydrogen) atoms. The Morgan fingerprint density at radius 1 is 1.54 bits per heavy atom. The van der Waals surface area contributed by atoms with Crippen molar-refractivity contribution in [3.05, 3.63) is 0 Å². The molecule has 0 aliphatic carbocycles. The lowest BCUT2D eigenvalue weighted by molar-refractivity contribution is 0.310. The zero-order valence-electron chi connectivity index (χ0n) is 8.96. The van der Waals surface area contributed by atoms with Crippen molar-refractivity contribution in [1.29, 1.82) is 5.41 Å². The van der Waals surface area contributed by atoms with Crippen LogP contribution in [0.4, 0.5) is 0 Å². The average Bonchev–Trinajstić information content (AvgIpc) is 2.15. The Morgan fingerprint density at radius 3 is 2.38 bits per heavy atom. The first kappa shape index (κ1) is 10.3. The van der Waals surface area contributed by atoms with Crippen LogP contribution in [0.2, 0.25) is 0 Å². The molecule has 0 aromatic rings. The van der Waals surface area contributed by atoms with Crippen molar-refractivity contribution in [2.24, 2.45) is 5.73 Å². The molecule has 1 heterocycles. The number of nitrogens with one attached hydrogen (secondary N) is 1. The standard InChI is InChI=1S/C9H20N4/c1-9(2,11)5-7-6-12(3)8(10)13(7)4/h7,10H,5-6,11H2,1-4H3. The number of nitrogens with two attached hydrogens (primary N) is 1. The Hall–Kier alpha value is -0.770. The summed E-state index contributed by atoms with van der Waals surface area (Å²) >= 11 is 0. The van der Waals surface area contributed by atoms with Gasteiger partial charge in [-0.15, -0.1) is 0 Å². The molecule has 1 saturated heterocycles. The summed E-state index contributed by atoms with van der Waals surface area (Å²) in [6.45, 7) is 4.97. The summed E-state index contributed by atoms with van der Waals surface area (Å²) < 4.78 is 0. The molecule has 1 atom stereocenters. The molecule has 1 fully saturated rings. The van der Waals surface area contributed by atoms with Crippen LogP contribution in [0, 0.1) is 5.41 Å². The normalized spacial score (nSPS) is 24.4. The predicted molar refractivity (Wildman–Crippen MR) is 54.8 cm³/mol. The van der Waals surface area contributed by atoms with Crippen LogP contribution >= 0.6 is 0 Å². The van der Waals surface area contributed by atoms with E-state index < -0.39 is 0 Å². The van der Waals surface area contributed by atoms with Crippen LogP contribution in [-0.4, -0.2) is 48.0 Å². The maximum Gasteiger partial charge on any atom is 0.193 e. The number of likely N-dealkylation sites (N-methyl/N-ethyl adjacent to an activating group) is 2. The molecule has 76 valence electrons. The van der Waals surface area contributed by atoms with Gasteiger partial charge >= 0.3 is 0 Å². The fourth-order valence-corrected chi connectivity index (χ4v) is 1.78. The maximum absolute atomic E-state index is 7.71. The second kappa shape index (κ2) is 3.18. The molecular weight excluding hydrogens is 164 g/mol. The van der Waals surface area contributed by atoms with Gasteiger partial charge in [-0.3, -0.25) is 5.41 Å². The van der Waals surface area contributed by atoms with Crippen LogP contribution in [0.5, 0.6) is 0 Å². The molecule has 1 aliphatic rings. The minimum Gasteiger partial charge on any atom is -0.344 e. The average molecular weight is 184 g/mol. The molecule has 1 unspecified atom stereocenters. The van der Waals surface area contributed by atoms with Crippen LogP contribution in [0.1, 0.15) is 20.3 Å². The SMILES string of the molecule is CN1CC(CC(C)(C)N)N(C)C1=N. The van der Waals surface area contributed by atoms with Gasteiger partial charge in [0, 0.05) is 26.2 Å². The highest BCUT2D eigenvalue weighted by atomic mass is 15.4. The number of guanidine groups is 1. The highest BCUT2D eigenvalue weighted by Crippen LogP contribution is 2.19. The molecule has 1 rings (SSSR count). The van der Waals surface area contributed by atoms with Crippen molar-refractivity contribution in [3.63, 3.8) is 0 Å². The quantitative estimate of drug-likeness (QED) is 0.648. The van der Waals surface area contributed by atoms with E-state index in [-0.39, 0.29) is 5.54 Å². The predicted octanol–water partition coefficient (Wildman–Crippen LogP) is 0.294. The molecular formula is C9H20N4. The molecule has 1 aliphatic heterocycles. The monoisotopic (exact) mass is 184 g/mol. The largest absolute Gasteiger partial charge is 0.344 e. The van der Waals surface area contributed by atoms with E-state index >= 15 is 0 Å². The molecule has 0 radical (unpaired) electrons. The van der Waals surface area contributed by atoms with Crippen LogP contribution in [-0.2, 0) is 0 Å². The van der Waals surface area contributed by atoms with Gasteiger partial charge in [0.05, 0.1) is 6.04 Å². The van der Waals surface area contributed by atoms with Crippen LogP contribution < -0.4 is 5.73 Å². The number of hydrogen-bond donors (Lipinski definition) is 2. The molecule has 0 saturated carbocycles. The third-order valence-corrected chi connectivity index (χ3v) is 2.49. The lowest BCUT2D eigenvalue weighted by Crippen LogP contribution is -2.41. The third kappa shape index (κ3) is 2.34. The summed E-state index contributed by atoms with van der Waals surface area (Å²) in [5.41, 5.74) is 5.80. The minimum absolute atomic E-state index is 0.148. The number of nitrogens with zero attached hydrogens (tertiary/aromatic N) is 2. The van der Waals surface area contributed by atoms with E-state index in [1.54, 1.807) is 0 Å². The Kier molecular flexibility index (Phi) is 2.52. The summed E-state index contributed by atoms with van der Waals surface area (Å²) in [6.07, 6.45) is 0.927. The van der Waals surface area contributed by atoms with E-state index in [2.05, 4.69) is 0 Å². The minimum atomic E-state index is -0.148. The van der Waals surface area contributed by atoms with Crippen molar-refractivity contribution in [1.82, 2.24) is 9.80 Å². The molecule has 3 N–H and O–H groups in total. The second-order valence-electron chi connectivity index (χ2n) is 4.66. The lowest BCUT2D eigenvalue weighted by Gasteiger charge is -2.26. The van der Waals surface area contributed by atoms with Gasteiger partial charge < -0.3 is 15.5 Å². The topological polar surface area (TPSA) is 56.4 Å². The van der Waals surface area contributed by atoms with E-state index in [1.165, 1.54) is 0 Å². The Balaban J connectivity index is 2.59. The van der Waals surface area contributed by atoms with Gasteiger partial charge in [-0.05, 0) is 20.3 Å². The second-order valence-corrected chi connectivity index (χ2v) is 4.66. The third-order valence-electron chi connectivity index (χ3n) is 2.49. The fourth-order valence-electron chi connectivity index (χ4n) is 1.78. The van der Waals surface area contributed by atoms with Gasteiger partial charge in [0.15, 0.2) is 5.96 Å². The van der Waals surface area contributed by atoms with E-state index in [1.807, 2.05) is 37.7 Å². The smallest absolute Gasteiger partial charge is 0.193 e. The fraction of sp³-hybridized carbons (Fsp3) is 0.889. The van der Waals surface area contributed by atoms with Gasteiger partial charge in [0.25, 0.3) is 0 Å². The Morgan fingerprint density at radius 2 is 2.08 bits per heavy atom. The number of rotatable bonds is 2. The summed E-state index contributed by atoms with van der Waals surface area (Å²) in [7, 11) is 3.91. The molecule has 0 amide bonds. The highest BCUT2D eigenvalue weighted by molar-refractivity contribution is 5.78. The van der Waals surface area contributed by atoms with Crippen molar-refractivity contribution in [3.8, 4) is 0 Å². The van der Waals surface area contributed by atoms with Crippen molar-refractivity contribution >= 4 is 5.96 Å². The van der Waals surface area contributed by atoms with E-state index in [4.69, 9.17) is 11.1 Å². The van der Waals surface area contributed by atoms with Gasteiger partial charge in [0.1, 0.15) is 0 Å². The molecule has 0 bridgehead atoms.